The van der Waals surface area contributed by atoms with E-state index in [0.29, 0.717) is 18.0 Å². The number of nitrogens with one attached hydrogen (secondary N) is 2. The highest BCUT2D eigenvalue weighted by molar-refractivity contribution is 5.77. The van der Waals surface area contributed by atoms with E-state index in [1.54, 1.807) is 13.2 Å². The first-order valence-corrected chi connectivity index (χ1v) is 6.95. The molecule has 0 saturated carbocycles. The summed E-state index contributed by atoms with van der Waals surface area (Å²) in [4.78, 5) is 11.7. The standard InChI is InChI=1S/C16H24N2O3/c1-5-6-13-7-8-14(15(9-13)20-4)21-11-16(19)18-10-12(2)17-3/h5,7-9,12,17H,1,6,10-11H2,2-4H3,(H,18,19). The van der Waals surface area contributed by atoms with E-state index < -0.39 is 0 Å². The number of hydrogen-bond donors (Lipinski definition) is 2. The minimum Gasteiger partial charge on any atom is -0.493 e. The molecule has 0 aliphatic heterocycles. The maximum Gasteiger partial charge on any atom is 0.257 e. The van der Waals surface area contributed by atoms with Gasteiger partial charge in [-0.15, -0.1) is 6.58 Å². The van der Waals surface area contributed by atoms with Gasteiger partial charge >= 0.3 is 0 Å². The van der Waals surface area contributed by atoms with E-state index in [9.17, 15) is 4.79 Å². The second kappa shape index (κ2) is 9.02. The molecule has 0 aliphatic rings. The molecular formula is C16H24N2O3. The van der Waals surface area contributed by atoms with Crippen LogP contribution >= 0.6 is 0 Å². The summed E-state index contributed by atoms with van der Waals surface area (Å²) in [5.41, 5.74) is 1.08. The van der Waals surface area contributed by atoms with Gasteiger partial charge in [0.1, 0.15) is 0 Å². The molecule has 0 aromatic heterocycles. The molecule has 0 fully saturated rings. The van der Waals surface area contributed by atoms with E-state index in [-0.39, 0.29) is 18.6 Å². The zero-order valence-corrected chi connectivity index (χ0v) is 12.9. The summed E-state index contributed by atoms with van der Waals surface area (Å²) < 4.78 is 10.8. The third-order valence-corrected chi connectivity index (χ3v) is 3.07. The average Bonchev–Trinajstić information content (AvgIpc) is 2.51. The number of amides is 1. The zero-order chi connectivity index (χ0) is 15.7. The van der Waals surface area contributed by atoms with Crippen LogP contribution in [0.5, 0.6) is 11.5 Å². The van der Waals surface area contributed by atoms with Crippen LogP contribution in [0.4, 0.5) is 0 Å². The highest BCUT2D eigenvalue weighted by atomic mass is 16.5. The van der Waals surface area contributed by atoms with Crippen molar-refractivity contribution in [1.82, 2.24) is 10.6 Å². The molecule has 1 rings (SSSR count). The Morgan fingerprint density at radius 1 is 1.43 bits per heavy atom. The summed E-state index contributed by atoms with van der Waals surface area (Å²) in [6.45, 7) is 6.22. The van der Waals surface area contributed by atoms with Crippen molar-refractivity contribution in [3.05, 3.63) is 36.4 Å². The fourth-order valence-electron chi connectivity index (χ4n) is 1.69. The lowest BCUT2D eigenvalue weighted by Crippen LogP contribution is -2.39. The SMILES string of the molecule is C=CCc1ccc(OCC(=O)NCC(C)NC)c(OC)c1. The monoisotopic (exact) mass is 292 g/mol. The lowest BCUT2D eigenvalue weighted by molar-refractivity contribution is -0.123. The predicted molar refractivity (Wildman–Crippen MR) is 83.9 cm³/mol. The lowest BCUT2D eigenvalue weighted by Gasteiger charge is -2.13. The predicted octanol–water partition coefficient (Wildman–Crippen LogP) is 1.53. The number of likely N-dealkylation sites (N-methyl/N-ethyl adjacent to an activating group) is 1. The first-order chi connectivity index (χ1) is 10.1. The van der Waals surface area contributed by atoms with Crippen LogP contribution in [0.1, 0.15) is 12.5 Å². The van der Waals surface area contributed by atoms with Crippen LogP contribution in [0.2, 0.25) is 0 Å². The first-order valence-electron chi connectivity index (χ1n) is 6.95. The van der Waals surface area contributed by atoms with Crippen molar-refractivity contribution in [1.29, 1.82) is 0 Å². The molecule has 116 valence electrons. The van der Waals surface area contributed by atoms with Gasteiger partial charge in [0.2, 0.25) is 0 Å². The number of carbonyl (C=O) groups is 1. The van der Waals surface area contributed by atoms with E-state index in [0.717, 1.165) is 12.0 Å². The van der Waals surface area contributed by atoms with Gasteiger partial charge in [0.25, 0.3) is 5.91 Å². The smallest absolute Gasteiger partial charge is 0.257 e. The minimum absolute atomic E-state index is 0.0341. The van der Waals surface area contributed by atoms with Gasteiger partial charge < -0.3 is 20.1 Å². The Kier molecular flexibility index (Phi) is 7.32. The topological polar surface area (TPSA) is 59.6 Å². The van der Waals surface area contributed by atoms with Gasteiger partial charge in [0.05, 0.1) is 7.11 Å². The van der Waals surface area contributed by atoms with Gasteiger partial charge in [-0.2, -0.15) is 0 Å². The van der Waals surface area contributed by atoms with Crippen LogP contribution in [0.3, 0.4) is 0 Å². The highest BCUT2D eigenvalue weighted by Crippen LogP contribution is 2.28. The fraction of sp³-hybridized carbons (Fsp3) is 0.438. The first kappa shape index (κ1) is 17.0. The maximum absolute atomic E-state index is 11.7. The molecule has 1 aromatic carbocycles. The zero-order valence-electron chi connectivity index (χ0n) is 12.9. The van der Waals surface area contributed by atoms with Crippen molar-refractivity contribution in [3.8, 4) is 11.5 Å². The number of carbonyl (C=O) groups excluding carboxylic acids is 1. The highest BCUT2D eigenvalue weighted by Gasteiger charge is 2.09. The van der Waals surface area contributed by atoms with Crippen LogP contribution in [-0.2, 0) is 11.2 Å². The van der Waals surface area contributed by atoms with Gasteiger partial charge in [0, 0.05) is 12.6 Å². The van der Waals surface area contributed by atoms with Crippen molar-refractivity contribution < 1.29 is 14.3 Å². The van der Waals surface area contributed by atoms with Crippen LogP contribution in [0.25, 0.3) is 0 Å². The molecule has 1 unspecified atom stereocenters. The van der Waals surface area contributed by atoms with Crippen molar-refractivity contribution >= 4 is 5.91 Å². The van der Waals surface area contributed by atoms with Crippen molar-refractivity contribution in [2.75, 3.05) is 27.3 Å². The van der Waals surface area contributed by atoms with E-state index >= 15 is 0 Å². The van der Waals surface area contributed by atoms with Crippen LogP contribution in [-0.4, -0.2) is 39.3 Å². The molecule has 0 spiro atoms. The molecule has 2 N–H and O–H groups in total. The molecule has 1 amide bonds. The normalized spacial score (nSPS) is 11.6. The largest absolute Gasteiger partial charge is 0.493 e. The fourth-order valence-corrected chi connectivity index (χ4v) is 1.69. The Bertz CT molecular complexity index is 475. The Labute approximate surface area is 126 Å². The number of methoxy groups -OCH3 is 1. The van der Waals surface area contributed by atoms with E-state index in [4.69, 9.17) is 9.47 Å². The lowest BCUT2D eigenvalue weighted by atomic mass is 10.1. The molecule has 0 radical (unpaired) electrons. The minimum atomic E-state index is -0.158. The summed E-state index contributed by atoms with van der Waals surface area (Å²) in [7, 11) is 3.43. The van der Waals surface area contributed by atoms with Crippen molar-refractivity contribution in [3.63, 3.8) is 0 Å². The molecule has 0 aliphatic carbocycles. The molecular weight excluding hydrogens is 268 g/mol. The summed E-state index contributed by atoms with van der Waals surface area (Å²) in [6.07, 6.45) is 2.59. The summed E-state index contributed by atoms with van der Waals surface area (Å²) >= 11 is 0. The summed E-state index contributed by atoms with van der Waals surface area (Å²) in [5, 5.41) is 5.84. The van der Waals surface area contributed by atoms with Gasteiger partial charge in [0.15, 0.2) is 18.1 Å². The third kappa shape index (κ3) is 5.87. The van der Waals surface area contributed by atoms with Gasteiger partial charge in [-0.3, -0.25) is 4.79 Å². The second-order valence-corrected chi connectivity index (χ2v) is 4.76. The van der Waals surface area contributed by atoms with E-state index in [1.165, 1.54) is 0 Å². The van der Waals surface area contributed by atoms with Crippen LogP contribution in [0.15, 0.2) is 30.9 Å². The van der Waals surface area contributed by atoms with Gasteiger partial charge in [-0.05, 0) is 38.1 Å². The van der Waals surface area contributed by atoms with Crippen LogP contribution in [0, 0.1) is 0 Å². The quantitative estimate of drug-likeness (QED) is 0.678. The van der Waals surface area contributed by atoms with E-state index in [1.807, 2.05) is 32.2 Å². The third-order valence-electron chi connectivity index (χ3n) is 3.07. The molecule has 21 heavy (non-hydrogen) atoms. The molecule has 5 heteroatoms. The van der Waals surface area contributed by atoms with Crippen LogP contribution < -0.4 is 20.1 Å². The molecule has 5 nitrogen and oxygen atoms in total. The van der Waals surface area contributed by atoms with Crippen molar-refractivity contribution in [2.24, 2.45) is 0 Å². The molecule has 1 atom stereocenters. The molecule has 0 saturated heterocycles. The number of allylic oxidation sites excluding steroid dienone is 1. The number of hydrogen-bond acceptors (Lipinski definition) is 4. The van der Waals surface area contributed by atoms with Crippen molar-refractivity contribution in [2.45, 2.75) is 19.4 Å². The molecule has 0 heterocycles. The average molecular weight is 292 g/mol. The van der Waals surface area contributed by atoms with E-state index in [2.05, 4.69) is 17.2 Å². The Hall–Kier alpha value is -2.01. The Balaban J connectivity index is 2.54. The number of rotatable bonds is 9. The molecule has 1 aromatic rings. The number of ether oxygens (including phenoxy) is 2. The Morgan fingerprint density at radius 3 is 2.81 bits per heavy atom. The number of benzene rings is 1. The summed E-state index contributed by atoms with van der Waals surface area (Å²) in [6, 6.07) is 5.85. The van der Waals surface area contributed by atoms with Gasteiger partial charge in [-0.1, -0.05) is 12.1 Å². The maximum atomic E-state index is 11.7. The Morgan fingerprint density at radius 2 is 2.19 bits per heavy atom. The second-order valence-electron chi connectivity index (χ2n) is 4.76. The molecule has 0 bridgehead atoms. The van der Waals surface area contributed by atoms with Gasteiger partial charge in [-0.25, -0.2) is 0 Å². The summed E-state index contributed by atoms with van der Waals surface area (Å²) in [5.74, 6) is 1.02.